The van der Waals surface area contributed by atoms with E-state index in [1.165, 1.54) is 18.3 Å². The number of carbonyl (C=O) groups excluding carboxylic acids is 2. The molecule has 0 fully saturated rings. The van der Waals surface area contributed by atoms with Crippen LogP contribution in [-0.2, 0) is 11.3 Å². The summed E-state index contributed by atoms with van der Waals surface area (Å²) in [5.41, 5.74) is 2.07. The van der Waals surface area contributed by atoms with Crippen LogP contribution in [0.15, 0.2) is 54.0 Å². The zero-order valence-corrected chi connectivity index (χ0v) is 14.2. The molecule has 0 unspecified atom stereocenters. The third-order valence-electron chi connectivity index (χ3n) is 3.24. The molecule has 0 bridgehead atoms. The van der Waals surface area contributed by atoms with Gasteiger partial charge >= 0.3 is 5.97 Å². The number of thiazole rings is 1. The van der Waals surface area contributed by atoms with Crippen LogP contribution < -0.4 is 10.1 Å². The Labute approximate surface area is 148 Å². The fraction of sp³-hybridized carbons (Fsp3) is 0.111. The molecule has 1 amide bonds. The molecule has 3 aromatic rings. The lowest BCUT2D eigenvalue weighted by Crippen LogP contribution is -2.22. The number of ether oxygens (including phenoxy) is 1. The van der Waals surface area contributed by atoms with Gasteiger partial charge in [-0.1, -0.05) is 6.07 Å². The van der Waals surface area contributed by atoms with Crippen LogP contribution in [0.3, 0.4) is 0 Å². The van der Waals surface area contributed by atoms with E-state index in [1.807, 2.05) is 23.6 Å². The van der Waals surface area contributed by atoms with Gasteiger partial charge in [-0.15, -0.1) is 11.3 Å². The molecular weight excluding hydrogens is 338 g/mol. The van der Waals surface area contributed by atoms with Crippen molar-refractivity contribution in [2.24, 2.45) is 0 Å². The summed E-state index contributed by atoms with van der Waals surface area (Å²) in [5, 5.41) is 5.53. The first-order valence-corrected chi connectivity index (χ1v) is 8.42. The highest BCUT2D eigenvalue weighted by atomic mass is 32.1. The van der Waals surface area contributed by atoms with Crippen molar-refractivity contribution in [3.8, 4) is 16.5 Å². The van der Waals surface area contributed by atoms with Crippen molar-refractivity contribution in [1.82, 2.24) is 15.3 Å². The number of pyridine rings is 1. The predicted octanol–water partition coefficient (Wildman–Crippen LogP) is 3.06. The second-order valence-corrected chi connectivity index (χ2v) is 6.02. The number of carbonyl (C=O) groups is 2. The SMILES string of the molecule is CC(=O)Oc1ccc(C(=O)NCc2csc(-c3ccccn3)n2)cc1. The van der Waals surface area contributed by atoms with Crippen LogP contribution in [0.4, 0.5) is 0 Å². The highest BCUT2D eigenvalue weighted by Gasteiger charge is 2.09. The van der Waals surface area contributed by atoms with E-state index in [2.05, 4.69) is 15.3 Å². The van der Waals surface area contributed by atoms with E-state index >= 15 is 0 Å². The number of rotatable bonds is 5. The first-order chi connectivity index (χ1) is 12.1. The van der Waals surface area contributed by atoms with Crippen molar-refractivity contribution in [1.29, 1.82) is 0 Å². The van der Waals surface area contributed by atoms with Crippen LogP contribution in [0.2, 0.25) is 0 Å². The van der Waals surface area contributed by atoms with Gasteiger partial charge in [-0.05, 0) is 36.4 Å². The molecule has 0 aliphatic rings. The van der Waals surface area contributed by atoms with Gasteiger partial charge in [0.1, 0.15) is 10.8 Å². The largest absolute Gasteiger partial charge is 0.427 e. The van der Waals surface area contributed by atoms with Crippen LogP contribution in [0.5, 0.6) is 5.75 Å². The molecule has 0 aliphatic carbocycles. The molecule has 7 heteroatoms. The van der Waals surface area contributed by atoms with E-state index in [1.54, 1.807) is 30.5 Å². The van der Waals surface area contributed by atoms with Gasteiger partial charge in [0.05, 0.1) is 17.9 Å². The van der Waals surface area contributed by atoms with E-state index in [0.29, 0.717) is 17.9 Å². The summed E-state index contributed by atoms with van der Waals surface area (Å²) in [7, 11) is 0. The molecule has 126 valence electrons. The summed E-state index contributed by atoms with van der Waals surface area (Å²) < 4.78 is 4.94. The lowest BCUT2D eigenvalue weighted by atomic mass is 10.2. The molecule has 0 saturated heterocycles. The number of nitrogens with one attached hydrogen (secondary N) is 1. The van der Waals surface area contributed by atoms with Gasteiger partial charge in [-0.3, -0.25) is 14.6 Å². The van der Waals surface area contributed by atoms with Crippen LogP contribution in [0.25, 0.3) is 10.7 Å². The first-order valence-electron chi connectivity index (χ1n) is 7.54. The topological polar surface area (TPSA) is 81.2 Å². The molecule has 0 aliphatic heterocycles. The van der Waals surface area contributed by atoms with E-state index < -0.39 is 5.97 Å². The van der Waals surface area contributed by atoms with Gasteiger partial charge in [0.25, 0.3) is 5.91 Å². The van der Waals surface area contributed by atoms with Gasteiger partial charge in [0.15, 0.2) is 0 Å². The molecule has 0 atom stereocenters. The Morgan fingerprint density at radius 1 is 1.16 bits per heavy atom. The van der Waals surface area contributed by atoms with Crippen molar-refractivity contribution in [2.45, 2.75) is 13.5 Å². The smallest absolute Gasteiger partial charge is 0.308 e. The van der Waals surface area contributed by atoms with E-state index in [9.17, 15) is 9.59 Å². The van der Waals surface area contributed by atoms with Crippen molar-refractivity contribution >= 4 is 23.2 Å². The molecule has 0 spiro atoms. The fourth-order valence-electron chi connectivity index (χ4n) is 2.11. The van der Waals surface area contributed by atoms with E-state index in [0.717, 1.165) is 16.4 Å². The Hall–Kier alpha value is -3.06. The molecule has 1 aromatic carbocycles. The quantitative estimate of drug-likeness (QED) is 0.563. The zero-order valence-electron chi connectivity index (χ0n) is 13.4. The summed E-state index contributed by atoms with van der Waals surface area (Å²) in [4.78, 5) is 31.8. The summed E-state index contributed by atoms with van der Waals surface area (Å²) in [6, 6.07) is 12.0. The lowest BCUT2D eigenvalue weighted by Gasteiger charge is -2.05. The van der Waals surface area contributed by atoms with Crippen molar-refractivity contribution in [3.05, 3.63) is 65.3 Å². The van der Waals surface area contributed by atoms with Crippen molar-refractivity contribution in [3.63, 3.8) is 0 Å². The maximum atomic E-state index is 12.2. The zero-order chi connectivity index (χ0) is 17.6. The highest BCUT2D eigenvalue weighted by Crippen LogP contribution is 2.21. The lowest BCUT2D eigenvalue weighted by molar-refractivity contribution is -0.131. The van der Waals surface area contributed by atoms with Gasteiger partial charge < -0.3 is 10.1 Å². The molecule has 2 heterocycles. The fourth-order valence-corrected chi connectivity index (χ4v) is 2.90. The van der Waals surface area contributed by atoms with Gasteiger partial charge in [-0.2, -0.15) is 0 Å². The highest BCUT2D eigenvalue weighted by molar-refractivity contribution is 7.13. The Balaban J connectivity index is 1.59. The standard InChI is InChI=1S/C18H15N3O3S/c1-12(22)24-15-7-5-13(6-8-15)17(23)20-10-14-11-25-18(21-14)16-4-2-3-9-19-16/h2-9,11H,10H2,1H3,(H,20,23). The third-order valence-corrected chi connectivity index (χ3v) is 4.16. The number of amides is 1. The summed E-state index contributed by atoms with van der Waals surface area (Å²) >= 11 is 1.48. The number of hydrogen-bond acceptors (Lipinski definition) is 6. The summed E-state index contributed by atoms with van der Waals surface area (Å²) in [6.07, 6.45) is 1.72. The molecule has 2 aromatic heterocycles. The van der Waals surface area contributed by atoms with Crippen LogP contribution in [0.1, 0.15) is 23.0 Å². The maximum Gasteiger partial charge on any atom is 0.308 e. The van der Waals surface area contributed by atoms with Gasteiger partial charge in [-0.25, -0.2) is 4.98 Å². The van der Waals surface area contributed by atoms with Gasteiger partial charge in [0, 0.05) is 24.1 Å². The molecule has 1 N–H and O–H groups in total. The Bertz CT molecular complexity index is 876. The average Bonchev–Trinajstić information content (AvgIpc) is 3.10. The second-order valence-electron chi connectivity index (χ2n) is 5.16. The molecule has 6 nitrogen and oxygen atoms in total. The third kappa shape index (κ3) is 4.48. The molecule has 0 saturated carbocycles. The second kappa shape index (κ2) is 7.67. The predicted molar refractivity (Wildman–Crippen MR) is 94.3 cm³/mol. The number of nitrogens with zero attached hydrogens (tertiary/aromatic N) is 2. The normalized spacial score (nSPS) is 10.3. The summed E-state index contributed by atoms with van der Waals surface area (Å²) in [5.74, 6) is -0.213. The van der Waals surface area contributed by atoms with Crippen LogP contribution in [-0.4, -0.2) is 21.8 Å². The Morgan fingerprint density at radius 2 is 1.96 bits per heavy atom. The van der Waals surface area contributed by atoms with Crippen molar-refractivity contribution in [2.75, 3.05) is 0 Å². The molecule has 3 rings (SSSR count). The minimum atomic E-state index is -0.399. The molecular formula is C18H15N3O3S. The van der Waals surface area contributed by atoms with E-state index in [-0.39, 0.29) is 5.91 Å². The van der Waals surface area contributed by atoms with Crippen LogP contribution >= 0.6 is 11.3 Å². The number of hydrogen-bond donors (Lipinski definition) is 1. The maximum absolute atomic E-state index is 12.2. The Morgan fingerprint density at radius 3 is 2.64 bits per heavy atom. The number of esters is 1. The summed E-state index contributed by atoms with van der Waals surface area (Å²) in [6.45, 7) is 1.65. The minimum Gasteiger partial charge on any atom is -0.427 e. The molecule has 25 heavy (non-hydrogen) atoms. The number of benzene rings is 1. The Kier molecular flexibility index (Phi) is 5.15. The van der Waals surface area contributed by atoms with Crippen LogP contribution in [0, 0.1) is 0 Å². The monoisotopic (exact) mass is 353 g/mol. The van der Waals surface area contributed by atoms with Crippen molar-refractivity contribution < 1.29 is 14.3 Å². The number of aromatic nitrogens is 2. The van der Waals surface area contributed by atoms with Gasteiger partial charge in [0.2, 0.25) is 0 Å². The average molecular weight is 353 g/mol. The molecule has 0 radical (unpaired) electrons. The first kappa shape index (κ1) is 16.8. The minimum absolute atomic E-state index is 0.221. The van der Waals surface area contributed by atoms with E-state index in [4.69, 9.17) is 4.74 Å².